The first kappa shape index (κ1) is 24.4. The summed E-state index contributed by atoms with van der Waals surface area (Å²) in [5, 5.41) is 0. The van der Waals surface area contributed by atoms with Gasteiger partial charge in [-0.15, -0.1) is 0 Å². The van der Waals surface area contributed by atoms with Crippen LogP contribution in [0.1, 0.15) is 48.0 Å². The van der Waals surface area contributed by atoms with Gasteiger partial charge in [0.05, 0.1) is 18.3 Å². The smallest absolute Gasteiger partial charge is 0.417 e. The number of likely N-dealkylation sites (tertiary alicyclic amines) is 2. The second-order valence-electron chi connectivity index (χ2n) is 9.78. The molecule has 2 fully saturated rings. The zero-order valence-corrected chi connectivity index (χ0v) is 19.4. The van der Waals surface area contributed by atoms with Gasteiger partial charge < -0.3 is 14.4 Å². The Hall–Kier alpha value is -1.88. The molecule has 3 amide bonds. The molecule has 10 nitrogen and oxygen atoms in total. The molecule has 172 valence electrons. The average Bonchev–Trinajstić information content (AvgIpc) is 2.81. The summed E-state index contributed by atoms with van der Waals surface area (Å²) in [6.07, 6.45) is -1.09. The van der Waals surface area contributed by atoms with Crippen LogP contribution in [0.25, 0.3) is 0 Å². The van der Waals surface area contributed by atoms with Crippen LogP contribution < -0.4 is 0 Å². The fraction of sp³-hybridized carbons (Fsp3) is 0.842. The molecule has 0 bridgehead atoms. The summed E-state index contributed by atoms with van der Waals surface area (Å²) < 4.78 is 39.4. The molecular formula is C19H32N2O8S. The van der Waals surface area contributed by atoms with Crippen molar-refractivity contribution < 1.29 is 36.5 Å². The Morgan fingerprint density at radius 2 is 1.50 bits per heavy atom. The lowest BCUT2D eigenvalue weighted by atomic mass is 9.85. The van der Waals surface area contributed by atoms with Gasteiger partial charge in [0.15, 0.2) is 0 Å². The molecule has 2 aliphatic rings. The molecule has 0 spiro atoms. The Kier molecular flexibility index (Phi) is 6.78. The van der Waals surface area contributed by atoms with Crippen molar-refractivity contribution in [3.05, 3.63) is 0 Å². The summed E-state index contributed by atoms with van der Waals surface area (Å²) in [5.41, 5.74) is -1.42. The molecule has 11 heteroatoms. The molecule has 0 aromatic heterocycles. The summed E-state index contributed by atoms with van der Waals surface area (Å²) >= 11 is 0. The normalized spacial score (nSPS) is 22.0. The average molecular weight is 449 g/mol. The highest BCUT2D eigenvalue weighted by molar-refractivity contribution is 7.86. The van der Waals surface area contributed by atoms with E-state index >= 15 is 0 Å². The lowest BCUT2D eigenvalue weighted by Gasteiger charge is -2.43. The third kappa shape index (κ3) is 6.56. The van der Waals surface area contributed by atoms with Gasteiger partial charge in [-0.2, -0.15) is 8.42 Å². The molecule has 2 heterocycles. The van der Waals surface area contributed by atoms with Crippen molar-refractivity contribution in [1.29, 1.82) is 0 Å². The van der Waals surface area contributed by atoms with E-state index in [-0.39, 0.29) is 32.0 Å². The van der Waals surface area contributed by atoms with Gasteiger partial charge in [-0.3, -0.25) is 8.98 Å². The number of rotatable bonds is 4. The van der Waals surface area contributed by atoms with Gasteiger partial charge in [0, 0.05) is 25.6 Å². The number of carbonyl (C=O) groups is 3. The number of hydrogen-bond donors (Lipinski definition) is 0. The minimum absolute atomic E-state index is 0.116. The predicted octanol–water partition coefficient (Wildman–Crippen LogP) is 1.98. The standard InChI is InChI=1S/C19H32N2O8S/c1-18(2,3)27-16(23)20-10-12(11-20)14(29-30(7,25)26)13-8-9-21(15(13)22)17(24)28-19(4,5)6/h12-14H,8-11H2,1-7H3. The van der Waals surface area contributed by atoms with E-state index in [9.17, 15) is 22.8 Å². The first-order chi connectivity index (χ1) is 13.5. The molecule has 2 aliphatic heterocycles. The number of carbonyl (C=O) groups excluding carboxylic acids is 3. The Balaban J connectivity index is 2.09. The molecule has 2 atom stereocenters. The highest BCUT2D eigenvalue weighted by Gasteiger charge is 2.50. The minimum Gasteiger partial charge on any atom is -0.444 e. The fourth-order valence-electron chi connectivity index (χ4n) is 3.38. The molecular weight excluding hydrogens is 416 g/mol. The lowest BCUT2D eigenvalue weighted by molar-refractivity contribution is -0.134. The van der Waals surface area contributed by atoms with Gasteiger partial charge in [0.25, 0.3) is 10.1 Å². The van der Waals surface area contributed by atoms with Crippen LogP contribution in [0, 0.1) is 11.8 Å². The summed E-state index contributed by atoms with van der Waals surface area (Å²) in [7, 11) is -3.86. The monoisotopic (exact) mass is 448 g/mol. The van der Waals surface area contributed by atoms with E-state index in [0.29, 0.717) is 0 Å². The maximum Gasteiger partial charge on any atom is 0.417 e. The van der Waals surface area contributed by atoms with Crippen molar-refractivity contribution in [2.75, 3.05) is 25.9 Å². The molecule has 2 saturated heterocycles. The quantitative estimate of drug-likeness (QED) is 0.599. The number of imide groups is 1. The van der Waals surface area contributed by atoms with Crippen molar-refractivity contribution in [3.63, 3.8) is 0 Å². The van der Waals surface area contributed by atoms with E-state index in [1.165, 1.54) is 4.90 Å². The molecule has 30 heavy (non-hydrogen) atoms. The minimum atomic E-state index is -3.86. The Bertz CT molecular complexity index is 790. The van der Waals surface area contributed by atoms with E-state index in [1.54, 1.807) is 41.5 Å². The third-order valence-corrected chi connectivity index (χ3v) is 5.14. The van der Waals surface area contributed by atoms with E-state index in [1.807, 2.05) is 0 Å². The zero-order chi connectivity index (χ0) is 23.1. The van der Waals surface area contributed by atoms with Gasteiger partial charge in [0.2, 0.25) is 5.91 Å². The van der Waals surface area contributed by atoms with E-state index in [4.69, 9.17) is 13.7 Å². The van der Waals surface area contributed by atoms with E-state index in [2.05, 4.69) is 0 Å². The van der Waals surface area contributed by atoms with Crippen LogP contribution in [0.15, 0.2) is 0 Å². The van der Waals surface area contributed by atoms with Gasteiger partial charge in [-0.1, -0.05) is 0 Å². The topological polar surface area (TPSA) is 120 Å². The Labute approximate surface area is 177 Å². The summed E-state index contributed by atoms with van der Waals surface area (Å²) in [6, 6.07) is 0. The van der Waals surface area contributed by atoms with Gasteiger partial charge in [-0.05, 0) is 48.0 Å². The van der Waals surface area contributed by atoms with Crippen molar-refractivity contribution in [2.45, 2.75) is 65.3 Å². The molecule has 0 aromatic carbocycles. The number of ether oxygens (including phenoxy) is 2. The van der Waals surface area contributed by atoms with Gasteiger partial charge >= 0.3 is 12.2 Å². The molecule has 0 radical (unpaired) electrons. The highest BCUT2D eigenvalue weighted by Crippen LogP contribution is 2.34. The summed E-state index contributed by atoms with van der Waals surface area (Å²) in [5.74, 6) is -1.73. The molecule has 0 saturated carbocycles. The largest absolute Gasteiger partial charge is 0.444 e. The van der Waals surface area contributed by atoms with Crippen molar-refractivity contribution in [3.8, 4) is 0 Å². The van der Waals surface area contributed by atoms with Crippen LogP contribution in [-0.2, 0) is 28.6 Å². The first-order valence-corrected chi connectivity index (χ1v) is 11.7. The van der Waals surface area contributed by atoms with Gasteiger partial charge in [0.1, 0.15) is 11.2 Å². The SMILES string of the molecule is CC(C)(C)OC(=O)N1CC(C(OS(C)(=O)=O)C2CCN(C(=O)OC(C)(C)C)C2=O)C1. The van der Waals surface area contributed by atoms with Crippen molar-refractivity contribution >= 4 is 28.2 Å². The Morgan fingerprint density at radius 1 is 1.00 bits per heavy atom. The van der Waals surface area contributed by atoms with Crippen LogP contribution in [0.3, 0.4) is 0 Å². The fourth-order valence-corrected chi connectivity index (χ4v) is 4.07. The predicted molar refractivity (Wildman–Crippen MR) is 107 cm³/mol. The maximum absolute atomic E-state index is 12.9. The molecule has 0 N–H and O–H groups in total. The number of amides is 3. The van der Waals surface area contributed by atoms with Gasteiger partial charge in [-0.25, -0.2) is 14.5 Å². The molecule has 0 aromatic rings. The molecule has 2 unspecified atom stereocenters. The molecule has 2 rings (SSSR count). The van der Waals surface area contributed by atoms with Crippen LogP contribution in [0.5, 0.6) is 0 Å². The molecule has 0 aliphatic carbocycles. The maximum atomic E-state index is 12.9. The lowest BCUT2D eigenvalue weighted by Crippen LogP contribution is -2.58. The van der Waals surface area contributed by atoms with Crippen LogP contribution >= 0.6 is 0 Å². The summed E-state index contributed by atoms with van der Waals surface area (Å²) in [4.78, 5) is 39.7. The first-order valence-electron chi connectivity index (χ1n) is 9.87. The Morgan fingerprint density at radius 3 is 1.97 bits per heavy atom. The van der Waals surface area contributed by atoms with Crippen LogP contribution in [0.2, 0.25) is 0 Å². The highest BCUT2D eigenvalue weighted by atomic mass is 32.2. The second-order valence-corrected chi connectivity index (χ2v) is 11.4. The third-order valence-electron chi connectivity index (χ3n) is 4.57. The summed E-state index contributed by atoms with van der Waals surface area (Å²) in [6.45, 7) is 10.8. The van der Waals surface area contributed by atoms with Crippen molar-refractivity contribution in [1.82, 2.24) is 9.80 Å². The van der Waals surface area contributed by atoms with E-state index in [0.717, 1.165) is 11.2 Å². The number of hydrogen-bond acceptors (Lipinski definition) is 8. The van der Waals surface area contributed by atoms with E-state index < -0.39 is 51.4 Å². The van der Waals surface area contributed by atoms with Crippen molar-refractivity contribution in [2.24, 2.45) is 11.8 Å². The number of nitrogens with zero attached hydrogens (tertiary/aromatic N) is 2. The van der Waals surface area contributed by atoms with Crippen LogP contribution in [0.4, 0.5) is 9.59 Å². The zero-order valence-electron chi connectivity index (χ0n) is 18.6. The van der Waals surface area contributed by atoms with Crippen LogP contribution in [-0.4, -0.2) is 79.5 Å². The second kappa shape index (κ2) is 8.33.